The van der Waals surface area contributed by atoms with E-state index in [4.69, 9.17) is 5.73 Å². The lowest BCUT2D eigenvalue weighted by molar-refractivity contribution is 0.443. The summed E-state index contributed by atoms with van der Waals surface area (Å²) < 4.78 is 0. The van der Waals surface area contributed by atoms with E-state index in [0.29, 0.717) is 5.41 Å². The fourth-order valence-corrected chi connectivity index (χ4v) is 2.15. The summed E-state index contributed by atoms with van der Waals surface area (Å²) >= 11 is 0. The van der Waals surface area contributed by atoms with E-state index in [-0.39, 0.29) is 0 Å². The molecule has 2 rings (SSSR count). The zero-order chi connectivity index (χ0) is 11.6. The Balaban J connectivity index is 1.83. The van der Waals surface area contributed by atoms with Crippen LogP contribution in [-0.2, 0) is 6.54 Å². The summed E-state index contributed by atoms with van der Waals surface area (Å²) in [6, 6.07) is 6.29. The van der Waals surface area contributed by atoms with Gasteiger partial charge in [0, 0.05) is 18.8 Å². The Labute approximate surface area is 98.2 Å². The number of nitrogens with one attached hydrogen (secondary N) is 1. The summed E-state index contributed by atoms with van der Waals surface area (Å²) in [7, 11) is 0. The molecule has 0 spiro atoms. The summed E-state index contributed by atoms with van der Waals surface area (Å²) in [5.74, 6) is 0. The first-order chi connectivity index (χ1) is 7.65. The van der Waals surface area contributed by atoms with E-state index in [9.17, 15) is 0 Å². The van der Waals surface area contributed by atoms with Gasteiger partial charge in [0.25, 0.3) is 0 Å². The molecular formula is C14H22N2. The van der Waals surface area contributed by atoms with Gasteiger partial charge in [-0.05, 0) is 48.8 Å². The molecule has 16 heavy (non-hydrogen) atoms. The van der Waals surface area contributed by atoms with Crippen molar-refractivity contribution < 1.29 is 0 Å². The predicted molar refractivity (Wildman–Crippen MR) is 69.3 cm³/mol. The van der Waals surface area contributed by atoms with Gasteiger partial charge in [-0.1, -0.05) is 19.1 Å². The van der Waals surface area contributed by atoms with Crippen LogP contribution in [0.5, 0.6) is 0 Å². The van der Waals surface area contributed by atoms with Crippen molar-refractivity contribution in [3.05, 3.63) is 29.3 Å². The van der Waals surface area contributed by atoms with E-state index in [1.165, 1.54) is 30.4 Å². The number of rotatable bonds is 5. The van der Waals surface area contributed by atoms with Crippen LogP contribution in [0.25, 0.3) is 0 Å². The van der Waals surface area contributed by atoms with Gasteiger partial charge < -0.3 is 11.1 Å². The first-order valence-electron chi connectivity index (χ1n) is 6.21. The minimum Gasteiger partial charge on any atom is -0.399 e. The Morgan fingerprint density at radius 2 is 2.12 bits per heavy atom. The Hall–Kier alpha value is -1.02. The standard InChI is InChI=1S/C14H22N2/c1-3-14(6-7-14)10-16-9-12-4-5-13(15)11(2)8-12/h4-5,8,16H,3,6-7,9-10,15H2,1-2H3. The summed E-state index contributed by atoms with van der Waals surface area (Å²) in [5.41, 5.74) is 9.82. The van der Waals surface area contributed by atoms with Crippen molar-refractivity contribution in [2.45, 2.75) is 39.7 Å². The molecule has 0 amide bonds. The van der Waals surface area contributed by atoms with Crippen LogP contribution in [0.2, 0.25) is 0 Å². The highest BCUT2D eigenvalue weighted by atomic mass is 14.9. The van der Waals surface area contributed by atoms with Crippen molar-refractivity contribution in [1.29, 1.82) is 0 Å². The second kappa shape index (κ2) is 4.46. The summed E-state index contributed by atoms with van der Waals surface area (Å²) in [5, 5.41) is 3.56. The molecule has 2 heteroatoms. The lowest BCUT2D eigenvalue weighted by Crippen LogP contribution is -2.23. The molecule has 1 aromatic carbocycles. The highest BCUT2D eigenvalue weighted by Gasteiger charge is 2.39. The first-order valence-corrected chi connectivity index (χ1v) is 6.21. The van der Waals surface area contributed by atoms with Crippen molar-refractivity contribution in [3.8, 4) is 0 Å². The number of benzene rings is 1. The third-order valence-electron chi connectivity index (χ3n) is 3.87. The maximum absolute atomic E-state index is 5.80. The average molecular weight is 218 g/mol. The van der Waals surface area contributed by atoms with Gasteiger partial charge in [-0.2, -0.15) is 0 Å². The molecule has 1 aliphatic carbocycles. The third-order valence-corrected chi connectivity index (χ3v) is 3.87. The van der Waals surface area contributed by atoms with E-state index in [0.717, 1.165) is 18.8 Å². The fraction of sp³-hybridized carbons (Fsp3) is 0.571. The van der Waals surface area contributed by atoms with Crippen molar-refractivity contribution in [2.24, 2.45) is 5.41 Å². The van der Waals surface area contributed by atoms with Gasteiger partial charge >= 0.3 is 0 Å². The highest BCUT2D eigenvalue weighted by Crippen LogP contribution is 2.47. The quantitative estimate of drug-likeness (QED) is 0.746. The molecule has 1 aromatic rings. The number of anilines is 1. The molecule has 3 N–H and O–H groups in total. The average Bonchev–Trinajstić information content (AvgIpc) is 3.04. The lowest BCUT2D eigenvalue weighted by atomic mass is 10.0. The molecule has 1 saturated carbocycles. The molecule has 0 bridgehead atoms. The van der Waals surface area contributed by atoms with E-state index >= 15 is 0 Å². The Kier molecular flexibility index (Phi) is 3.20. The Morgan fingerprint density at radius 3 is 2.69 bits per heavy atom. The first kappa shape index (κ1) is 11.5. The third kappa shape index (κ3) is 2.56. The van der Waals surface area contributed by atoms with Crippen LogP contribution >= 0.6 is 0 Å². The van der Waals surface area contributed by atoms with E-state index in [2.05, 4.69) is 31.3 Å². The van der Waals surface area contributed by atoms with Gasteiger partial charge in [-0.15, -0.1) is 0 Å². The zero-order valence-corrected chi connectivity index (χ0v) is 10.3. The molecule has 88 valence electrons. The molecule has 0 radical (unpaired) electrons. The maximum Gasteiger partial charge on any atom is 0.0343 e. The molecule has 2 nitrogen and oxygen atoms in total. The van der Waals surface area contributed by atoms with E-state index in [1.807, 2.05) is 6.07 Å². The van der Waals surface area contributed by atoms with Crippen LogP contribution in [0.4, 0.5) is 5.69 Å². The number of nitrogen functional groups attached to an aromatic ring is 1. The molecule has 0 aliphatic heterocycles. The molecule has 1 fully saturated rings. The fourth-order valence-electron chi connectivity index (χ4n) is 2.15. The molecule has 0 saturated heterocycles. The second-order valence-corrected chi connectivity index (χ2v) is 5.15. The number of hydrogen-bond acceptors (Lipinski definition) is 2. The molecule has 0 aromatic heterocycles. The number of nitrogens with two attached hydrogens (primary N) is 1. The molecular weight excluding hydrogens is 196 g/mol. The normalized spacial score (nSPS) is 17.4. The SMILES string of the molecule is CCC1(CNCc2ccc(N)c(C)c2)CC1. The van der Waals surface area contributed by atoms with Gasteiger partial charge in [0.2, 0.25) is 0 Å². The van der Waals surface area contributed by atoms with Gasteiger partial charge in [0.05, 0.1) is 0 Å². The maximum atomic E-state index is 5.80. The van der Waals surface area contributed by atoms with Crippen molar-refractivity contribution in [2.75, 3.05) is 12.3 Å². The second-order valence-electron chi connectivity index (χ2n) is 5.15. The monoisotopic (exact) mass is 218 g/mol. The minimum atomic E-state index is 0.628. The summed E-state index contributed by atoms with van der Waals surface area (Å²) in [6.07, 6.45) is 4.11. The van der Waals surface area contributed by atoms with E-state index < -0.39 is 0 Å². The van der Waals surface area contributed by atoms with Crippen molar-refractivity contribution in [3.63, 3.8) is 0 Å². The summed E-state index contributed by atoms with van der Waals surface area (Å²) in [6.45, 7) is 6.48. The largest absolute Gasteiger partial charge is 0.399 e. The van der Waals surface area contributed by atoms with E-state index in [1.54, 1.807) is 0 Å². The van der Waals surface area contributed by atoms with Gasteiger partial charge in [-0.25, -0.2) is 0 Å². The lowest BCUT2D eigenvalue weighted by Gasteiger charge is -2.13. The highest BCUT2D eigenvalue weighted by molar-refractivity contribution is 5.47. The Bertz CT molecular complexity index is 367. The molecule has 0 atom stereocenters. The molecule has 0 heterocycles. The van der Waals surface area contributed by atoms with Crippen molar-refractivity contribution in [1.82, 2.24) is 5.32 Å². The van der Waals surface area contributed by atoms with Crippen LogP contribution < -0.4 is 11.1 Å². The van der Waals surface area contributed by atoms with Gasteiger partial charge in [-0.3, -0.25) is 0 Å². The topological polar surface area (TPSA) is 38.0 Å². The number of hydrogen-bond donors (Lipinski definition) is 2. The van der Waals surface area contributed by atoms with Gasteiger partial charge in [0.1, 0.15) is 0 Å². The molecule has 0 unspecified atom stereocenters. The van der Waals surface area contributed by atoms with Crippen LogP contribution in [-0.4, -0.2) is 6.54 Å². The van der Waals surface area contributed by atoms with Gasteiger partial charge in [0.15, 0.2) is 0 Å². The minimum absolute atomic E-state index is 0.628. The molecule has 1 aliphatic rings. The zero-order valence-electron chi connectivity index (χ0n) is 10.3. The van der Waals surface area contributed by atoms with Crippen molar-refractivity contribution >= 4 is 5.69 Å². The van der Waals surface area contributed by atoms with Crippen LogP contribution in [0.3, 0.4) is 0 Å². The van der Waals surface area contributed by atoms with Crippen LogP contribution in [0.1, 0.15) is 37.3 Å². The predicted octanol–water partition coefficient (Wildman–Crippen LogP) is 2.86. The smallest absolute Gasteiger partial charge is 0.0343 e. The summed E-state index contributed by atoms with van der Waals surface area (Å²) in [4.78, 5) is 0. The number of aryl methyl sites for hydroxylation is 1. The van der Waals surface area contributed by atoms with Crippen LogP contribution in [0.15, 0.2) is 18.2 Å². The Morgan fingerprint density at radius 1 is 1.38 bits per heavy atom. The van der Waals surface area contributed by atoms with Crippen LogP contribution in [0, 0.1) is 12.3 Å².